The number of halogens is 1. The maximum Gasteiger partial charge on any atom is 0.191 e. The number of rotatable bonds is 7. The van der Waals surface area contributed by atoms with Crippen molar-refractivity contribution in [2.45, 2.75) is 19.6 Å². The van der Waals surface area contributed by atoms with E-state index >= 15 is 0 Å². The van der Waals surface area contributed by atoms with Crippen LogP contribution >= 0.6 is 24.0 Å². The van der Waals surface area contributed by atoms with E-state index in [1.807, 2.05) is 54.1 Å². The Labute approximate surface area is 189 Å². The van der Waals surface area contributed by atoms with Gasteiger partial charge < -0.3 is 15.5 Å². The molecular weight excluding hydrogens is 477 g/mol. The van der Waals surface area contributed by atoms with Gasteiger partial charge in [-0.2, -0.15) is 5.10 Å². The molecule has 2 heterocycles. The van der Waals surface area contributed by atoms with E-state index in [0.717, 1.165) is 24.0 Å². The maximum absolute atomic E-state index is 4.62. The average Bonchev–Trinajstić information content (AvgIpc) is 3.22. The van der Waals surface area contributed by atoms with Crippen molar-refractivity contribution in [3.05, 3.63) is 77.7 Å². The van der Waals surface area contributed by atoms with Crippen LogP contribution in [-0.4, -0.2) is 41.9 Å². The highest BCUT2D eigenvalue weighted by atomic mass is 127. The first kappa shape index (κ1) is 22.7. The Morgan fingerprint density at radius 3 is 2.45 bits per heavy atom. The number of pyridine rings is 1. The Morgan fingerprint density at radius 2 is 1.76 bits per heavy atom. The molecule has 29 heavy (non-hydrogen) atoms. The predicted molar refractivity (Wildman–Crippen MR) is 129 cm³/mol. The molecule has 0 fully saturated rings. The van der Waals surface area contributed by atoms with Crippen LogP contribution in [0.1, 0.15) is 16.8 Å². The Bertz CT molecular complexity index is 907. The van der Waals surface area contributed by atoms with Crippen LogP contribution in [0, 0.1) is 0 Å². The fourth-order valence-electron chi connectivity index (χ4n) is 2.84. The SMILES string of the molecule is CN=C(NCc1cccc(N(C)C)n1)NCc1ccccc1Cn1cccn1.I. The van der Waals surface area contributed by atoms with Crippen LogP contribution in [0.2, 0.25) is 0 Å². The highest BCUT2D eigenvalue weighted by Gasteiger charge is 2.06. The van der Waals surface area contributed by atoms with Crippen molar-refractivity contribution in [3.8, 4) is 0 Å². The van der Waals surface area contributed by atoms with Crippen molar-refractivity contribution in [1.29, 1.82) is 0 Å². The molecule has 7 nitrogen and oxygen atoms in total. The molecule has 0 spiro atoms. The minimum Gasteiger partial charge on any atom is -0.363 e. The molecule has 2 N–H and O–H groups in total. The molecule has 0 aliphatic rings. The molecule has 0 atom stereocenters. The van der Waals surface area contributed by atoms with E-state index in [-0.39, 0.29) is 24.0 Å². The number of guanidine groups is 1. The summed E-state index contributed by atoms with van der Waals surface area (Å²) < 4.78 is 1.93. The number of aliphatic imine (C=N–C) groups is 1. The lowest BCUT2D eigenvalue weighted by Gasteiger charge is -2.15. The van der Waals surface area contributed by atoms with E-state index in [2.05, 4.69) is 50.0 Å². The van der Waals surface area contributed by atoms with E-state index in [1.54, 1.807) is 13.2 Å². The van der Waals surface area contributed by atoms with Crippen molar-refractivity contribution >= 4 is 35.8 Å². The van der Waals surface area contributed by atoms with Crippen LogP contribution < -0.4 is 15.5 Å². The van der Waals surface area contributed by atoms with Crippen molar-refractivity contribution < 1.29 is 0 Å². The molecular formula is C21H28IN7. The molecule has 0 unspecified atom stereocenters. The van der Waals surface area contributed by atoms with Gasteiger partial charge in [0, 0.05) is 40.1 Å². The van der Waals surface area contributed by atoms with Crippen LogP contribution in [0.4, 0.5) is 5.82 Å². The zero-order valence-electron chi connectivity index (χ0n) is 17.0. The van der Waals surface area contributed by atoms with E-state index in [1.165, 1.54) is 11.1 Å². The van der Waals surface area contributed by atoms with Gasteiger partial charge in [-0.15, -0.1) is 24.0 Å². The summed E-state index contributed by atoms with van der Waals surface area (Å²) in [4.78, 5) is 10.9. The fourth-order valence-corrected chi connectivity index (χ4v) is 2.84. The maximum atomic E-state index is 4.62. The van der Waals surface area contributed by atoms with Crippen LogP contribution in [0.15, 0.2) is 65.9 Å². The monoisotopic (exact) mass is 505 g/mol. The van der Waals surface area contributed by atoms with Gasteiger partial charge in [0.25, 0.3) is 0 Å². The summed E-state index contributed by atoms with van der Waals surface area (Å²) in [7, 11) is 5.75. The zero-order valence-corrected chi connectivity index (χ0v) is 19.4. The topological polar surface area (TPSA) is 70.4 Å². The lowest BCUT2D eigenvalue weighted by atomic mass is 10.1. The first-order valence-corrected chi connectivity index (χ1v) is 9.27. The zero-order chi connectivity index (χ0) is 19.8. The van der Waals surface area contributed by atoms with Gasteiger partial charge in [0.05, 0.1) is 18.8 Å². The smallest absolute Gasteiger partial charge is 0.191 e. The van der Waals surface area contributed by atoms with Gasteiger partial charge in [-0.25, -0.2) is 4.98 Å². The summed E-state index contributed by atoms with van der Waals surface area (Å²) in [5, 5.41) is 11.0. The van der Waals surface area contributed by atoms with Crippen LogP contribution in [0.5, 0.6) is 0 Å². The van der Waals surface area contributed by atoms with E-state index in [4.69, 9.17) is 0 Å². The standard InChI is InChI=1S/C21H27N7.HI/c1-22-21(24-15-19-10-6-11-20(26-19)27(2)3)23-14-17-8-4-5-9-18(17)16-28-13-7-12-25-28;/h4-13H,14-16H2,1-3H3,(H2,22,23,24);1H. The van der Waals surface area contributed by atoms with Crippen molar-refractivity contribution in [1.82, 2.24) is 25.4 Å². The number of nitrogens with one attached hydrogen (secondary N) is 2. The van der Waals surface area contributed by atoms with E-state index in [0.29, 0.717) is 13.1 Å². The van der Waals surface area contributed by atoms with Gasteiger partial charge in [-0.1, -0.05) is 30.3 Å². The lowest BCUT2D eigenvalue weighted by molar-refractivity contribution is 0.677. The van der Waals surface area contributed by atoms with Crippen LogP contribution in [-0.2, 0) is 19.6 Å². The summed E-state index contributed by atoms with van der Waals surface area (Å²) in [5.41, 5.74) is 3.41. The molecule has 0 amide bonds. The molecule has 0 aliphatic carbocycles. The summed E-state index contributed by atoms with van der Waals surface area (Å²) in [6.07, 6.45) is 3.77. The number of nitrogens with zero attached hydrogens (tertiary/aromatic N) is 5. The minimum absolute atomic E-state index is 0. The molecule has 0 bridgehead atoms. The molecule has 3 aromatic rings. The van der Waals surface area contributed by atoms with Crippen LogP contribution in [0.3, 0.4) is 0 Å². The van der Waals surface area contributed by atoms with Crippen molar-refractivity contribution in [2.75, 3.05) is 26.0 Å². The first-order valence-electron chi connectivity index (χ1n) is 9.27. The summed E-state index contributed by atoms with van der Waals surface area (Å²) >= 11 is 0. The molecule has 8 heteroatoms. The number of aromatic nitrogens is 3. The highest BCUT2D eigenvalue weighted by molar-refractivity contribution is 14.0. The quantitative estimate of drug-likeness (QED) is 0.294. The van der Waals surface area contributed by atoms with Gasteiger partial charge in [0.1, 0.15) is 5.82 Å². The normalized spacial score (nSPS) is 10.9. The Kier molecular flexibility index (Phi) is 8.91. The molecule has 0 saturated carbocycles. The number of anilines is 1. The minimum atomic E-state index is 0. The third-order valence-electron chi connectivity index (χ3n) is 4.37. The third kappa shape index (κ3) is 6.74. The lowest BCUT2D eigenvalue weighted by Crippen LogP contribution is -2.36. The van der Waals surface area contributed by atoms with Crippen molar-refractivity contribution in [3.63, 3.8) is 0 Å². The summed E-state index contributed by atoms with van der Waals surface area (Å²) in [6.45, 7) is 2.04. The van der Waals surface area contributed by atoms with E-state index < -0.39 is 0 Å². The number of hydrogen-bond donors (Lipinski definition) is 2. The van der Waals surface area contributed by atoms with Crippen molar-refractivity contribution in [2.24, 2.45) is 4.99 Å². The largest absolute Gasteiger partial charge is 0.363 e. The number of hydrogen-bond acceptors (Lipinski definition) is 4. The molecule has 1 aromatic carbocycles. The Hall–Kier alpha value is -2.62. The van der Waals surface area contributed by atoms with Gasteiger partial charge in [0.15, 0.2) is 5.96 Å². The molecule has 154 valence electrons. The fraction of sp³-hybridized carbons (Fsp3) is 0.286. The molecule has 0 radical (unpaired) electrons. The molecule has 3 rings (SSSR count). The Morgan fingerprint density at radius 1 is 1.00 bits per heavy atom. The molecule has 0 saturated heterocycles. The molecule has 0 aliphatic heterocycles. The van der Waals surface area contributed by atoms with Gasteiger partial charge >= 0.3 is 0 Å². The third-order valence-corrected chi connectivity index (χ3v) is 4.37. The van der Waals surface area contributed by atoms with Gasteiger partial charge in [-0.3, -0.25) is 9.67 Å². The average molecular weight is 505 g/mol. The highest BCUT2D eigenvalue weighted by Crippen LogP contribution is 2.10. The predicted octanol–water partition coefficient (Wildman–Crippen LogP) is 2.88. The van der Waals surface area contributed by atoms with Gasteiger partial charge in [-0.05, 0) is 29.3 Å². The van der Waals surface area contributed by atoms with Crippen LogP contribution in [0.25, 0.3) is 0 Å². The summed E-state index contributed by atoms with van der Waals surface area (Å²) in [6, 6.07) is 16.3. The van der Waals surface area contributed by atoms with Gasteiger partial charge in [0.2, 0.25) is 0 Å². The summed E-state index contributed by atoms with van der Waals surface area (Å²) in [5.74, 6) is 1.68. The second kappa shape index (κ2) is 11.4. The Balaban J connectivity index is 0.00000300. The van der Waals surface area contributed by atoms with E-state index in [9.17, 15) is 0 Å². The number of benzene rings is 1. The second-order valence-corrected chi connectivity index (χ2v) is 6.63. The first-order chi connectivity index (χ1) is 13.7. The second-order valence-electron chi connectivity index (χ2n) is 6.63. The molecule has 2 aromatic heterocycles.